The zero-order chi connectivity index (χ0) is 12.8. The van der Waals surface area contributed by atoms with E-state index in [9.17, 15) is 4.79 Å². The van der Waals surface area contributed by atoms with Gasteiger partial charge in [-0.2, -0.15) is 0 Å². The van der Waals surface area contributed by atoms with Crippen molar-refractivity contribution in [1.82, 2.24) is 10.6 Å². The van der Waals surface area contributed by atoms with E-state index in [0.29, 0.717) is 13.2 Å². The highest BCUT2D eigenvalue weighted by Crippen LogP contribution is 2.11. The van der Waals surface area contributed by atoms with Crippen LogP contribution in [0.5, 0.6) is 5.75 Å². The summed E-state index contributed by atoms with van der Waals surface area (Å²) in [5.74, 6) is 0.934. The van der Waals surface area contributed by atoms with Crippen molar-refractivity contribution in [3.63, 3.8) is 0 Å². The SMILES string of the molecule is Cc1cccc(OCCNC(=O)[C@@H]2CCCN2)c1. The lowest BCUT2D eigenvalue weighted by atomic mass is 10.2. The van der Waals surface area contributed by atoms with Crippen molar-refractivity contribution in [2.45, 2.75) is 25.8 Å². The lowest BCUT2D eigenvalue weighted by Gasteiger charge is -2.11. The molecular weight excluding hydrogens is 228 g/mol. The van der Waals surface area contributed by atoms with Crippen LogP contribution in [0.2, 0.25) is 0 Å². The van der Waals surface area contributed by atoms with Gasteiger partial charge in [0.1, 0.15) is 12.4 Å². The highest BCUT2D eigenvalue weighted by molar-refractivity contribution is 5.81. The molecule has 0 unspecified atom stereocenters. The van der Waals surface area contributed by atoms with Crippen LogP contribution in [0.1, 0.15) is 18.4 Å². The maximum Gasteiger partial charge on any atom is 0.237 e. The van der Waals surface area contributed by atoms with Gasteiger partial charge in [-0.25, -0.2) is 0 Å². The summed E-state index contributed by atoms with van der Waals surface area (Å²) in [5.41, 5.74) is 1.17. The van der Waals surface area contributed by atoms with Crippen molar-refractivity contribution in [2.75, 3.05) is 19.7 Å². The molecule has 1 aromatic rings. The first-order chi connectivity index (χ1) is 8.75. The van der Waals surface area contributed by atoms with Gasteiger partial charge in [-0.1, -0.05) is 12.1 Å². The fourth-order valence-electron chi connectivity index (χ4n) is 2.08. The molecule has 1 fully saturated rings. The van der Waals surface area contributed by atoms with Crippen molar-refractivity contribution < 1.29 is 9.53 Å². The van der Waals surface area contributed by atoms with Gasteiger partial charge in [0.25, 0.3) is 0 Å². The lowest BCUT2D eigenvalue weighted by Crippen LogP contribution is -2.41. The van der Waals surface area contributed by atoms with Crippen LogP contribution in [0.25, 0.3) is 0 Å². The molecule has 0 saturated carbocycles. The molecule has 2 rings (SSSR count). The largest absolute Gasteiger partial charge is 0.492 e. The smallest absolute Gasteiger partial charge is 0.237 e. The summed E-state index contributed by atoms with van der Waals surface area (Å²) in [4.78, 5) is 11.7. The molecule has 1 heterocycles. The second-order valence-electron chi connectivity index (χ2n) is 4.60. The zero-order valence-corrected chi connectivity index (χ0v) is 10.7. The molecule has 0 bridgehead atoms. The lowest BCUT2D eigenvalue weighted by molar-refractivity contribution is -0.122. The van der Waals surface area contributed by atoms with Gasteiger partial charge in [0, 0.05) is 0 Å². The molecule has 2 N–H and O–H groups in total. The Morgan fingerprint density at radius 1 is 1.56 bits per heavy atom. The Balaban J connectivity index is 1.65. The van der Waals surface area contributed by atoms with Gasteiger partial charge in [0.2, 0.25) is 5.91 Å². The van der Waals surface area contributed by atoms with Crippen molar-refractivity contribution in [3.8, 4) is 5.75 Å². The van der Waals surface area contributed by atoms with Gasteiger partial charge in [-0.15, -0.1) is 0 Å². The average Bonchev–Trinajstić information content (AvgIpc) is 2.88. The topological polar surface area (TPSA) is 50.4 Å². The van der Waals surface area contributed by atoms with Crippen molar-refractivity contribution in [3.05, 3.63) is 29.8 Å². The molecule has 4 heteroatoms. The normalized spacial score (nSPS) is 18.6. The number of nitrogens with one attached hydrogen (secondary N) is 2. The van der Waals surface area contributed by atoms with Crippen LogP contribution in [0.15, 0.2) is 24.3 Å². The molecule has 18 heavy (non-hydrogen) atoms. The minimum absolute atomic E-state index is 0.0102. The zero-order valence-electron chi connectivity index (χ0n) is 10.7. The van der Waals surface area contributed by atoms with Gasteiger partial charge in [-0.3, -0.25) is 4.79 Å². The third kappa shape index (κ3) is 3.74. The van der Waals surface area contributed by atoms with E-state index in [1.54, 1.807) is 0 Å². The highest BCUT2D eigenvalue weighted by Gasteiger charge is 2.21. The van der Waals surface area contributed by atoms with Gasteiger partial charge >= 0.3 is 0 Å². The van der Waals surface area contributed by atoms with E-state index in [4.69, 9.17) is 4.74 Å². The molecule has 1 aliphatic rings. The number of amides is 1. The van der Waals surface area contributed by atoms with E-state index >= 15 is 0 Å². The Labute approximate surface area is 108 Å². The summed E-state index contributed by atoms with van der Waals surface area (Å²) in [6, 6.07) is 7.89. The summed E-state index contributed by atoms with van der Waals surface area (Å²) < 4.78 is 5.56. The van der Waals surface area contributed by atoms with Crippen LogP contribution in [-0.4, -0.2) is 31.6 Å². The molecule has 0 aromatic heterocycles. The molecular formula is C14H20N2O2. The fraction of sp³-hybridized carbons (Fsp3) is 0.500. The number of benzene rings is 1. The molecule has 1 saturated heterocycles. The van der Waals surface area contributed by atoms with Crippen molar-refractivity contribution >= 4 is 5.91 Å². The Hall–Kier alpha value is -1.55. The van der Waals surface area contributed by atoms with Crippen molar-refractivity contribution in [1.29, 1.82) is 0 Å². The predicted molar refractivity (Wildman–Crippen MR) is 70.7 cm³/mol. The van der Waals surface area contributed by atoms with E-state index in [2.05, 4.69) is 10.6 Å². The van der Waals surface area contributed by atoms with E-state index in [0.717, 1.165) is 25.1 Å². The average molecular weight is 248 g/mol. The molecule has 1 amide bonds. The standard InChI is InChI=1S/C14H20N2O2/c1-11-4-2-5-12(10-11)18-9-8-16-14(17)13-6-3-7-15-13/h2,4-5,10,13,15H,3,6-9H2,1H3,(H,16,17)/t13-/m0/s1. The maximum atomic E-state index is 11.7. The quantitative estimate of drug-likeness (QED) is 0.771. The predicted octanol–water partition coefficient (Wildman–Crippen LogP) is 1.24. The third-order valence-corrected chi connectivity index (χ3v) is 3.04. The Bertz CT molecular complexity index is 401. The minimum atomic E-state index is -0.0102. The van der Waals surface area contributed by atoms with E-state index < -0.39 is 0 Å². The van der Waals surface area contributed by atoms with Gasteiger partial charge in [0.05, 0.1) is 12.6 Å². The van der Waals surface area contributed by atoms with Crippen LogP contribution >= 0.6 is 0 Å². The van der Waals surface area contributed by atoms with E-state index in [1.165, 1.54) is 5.56 Å². The molecule has 4 nitrogen and oxygen atoms in total. The second kappa shape index (κ2) is 6.40. The first-order valence-electron chi connectivity index (χ1n) is 6.46. The van der Waals surface area contributed by atoms with Crippen LogP contribution < -0.4 is 15.4 Å². The highest BCUT2D eigenvalue weighted by atomic mass is 16.5. The number of carbonyl (C=O) groups excluding carboxylic acids is 1. The summed E-state index contributed by atoms with van der Waals surface area (Å²) in [7, 11) is 0. The molecule has 0 spiro atoms. The molecule has 0 radical (unpaired) electrons. The van der Waals surface area contributed by atoms with Crippen LogP contribution in [0.3, 0.4) is 0 Å². The summed E-state index contributed by atoms with van der Waals surface area (Å²) >= 11 is 0. The van der Waals surface area contributed by atoms with Crippen LogP contribution in [-0.2, 0) is 4.79 Å². The summed E-state index contributed by atoms with van der Waals surface area (Å²) in [6.07, 6.45) is 2.02. The Morgan fingerprint density at radius 3 is 3.17 bits per heavy atom. The number of aryl methyl sites for hydroxylation is 1. The second-order valence-corrected chi connectivity index (χ2v) is 4.60. The van der Waals surface area contributed by atoms with Crippen LogP contribution in [0.4, 0.5) is 0 Å². The first-order valence-corrected chi connectivity index (χ1v) is 6.46. The first kappa shape index (κ1) is 12.9. The van der Waals surface area contributed by atoms with Crippen molar-refractivity contribution in [2.24, 2.45) is 0 Å². The molecule has 98 valence electrons. The minimum Gasteiger partial charge on any atom is -0.492 e. The van der Waals surface area contributed by atoms with E-state index in [1.807, 2.05) is 31.2 Å². The monoisotopic (exact) mass is 248 g/mol. The van der Waals surface area contributed by atoms with Crippen LogP contribution in [0, 0.1) is 6.92 Å². The number of rotatable bonds is 5. The Kier molecular flexibility index (Phi) is 4.59. The number of hydrogen-bond donors (Lipinski definition) is 2. The van der Waals surface area contributed by atoms with Gasteiger partial charge in [0.15, 0.2) is 0 Å². The fourth-order valence-corrected chi connectivity index (χ4v) is 2.08. The van der Waals surface area contributed by atoms with Gasteiger partial charge < -0.3 is 15.4 Å². The summed E-state index contributed by atoms with van der Waals surface area (Å²) in [5, 5.41) is 6.05. The van der Waals surface area contributed by atoms with E-state index in [-0.39, 0.29) is 11.9 Å². The molecule has 1 aliphatic heterocycles. The van der Waals surface area contributed by atoms with Gasteiger partial charge in [-0.05, 0) is 44.0 Å². The third-order valence-electron chi connectivity index (χ3n) is 3.04. The molecule has 1 atom stereocenters. The number of carbonyl (C=O) groups is 1. The number of ether oxygens (including phenoxy) is 1. The Morgan fingerprint density at radius 2 is 2.44 bits per heavy atom. The molecule has 1 aromatic carbocycles. The number of hydrogen-bond acceptors (Lipinski definition) is 3. The molecule has 0 aliphatic carbocycles. The summed E-state index contributed by atoms with van der Waals surface area (Å²) in [6.45, 7) is 4.02. The maximum absolute atomic E-state index is 11.7.